The summed E-state index contributed by atoms with van der Waals surface area (Å²) in [5, 5.41) is 11.1. The highest BCUT2D eigenvalue weighted by molar-refractivity contribution is 6.30. The van der Waals surface area contributed by atoms with Gasteiger partial charge in [-0.1, -0.05) is 23.7 Å². The van der Waals surface area contributed by atoms with Gasteiger partial charge in [0.1, 0.15) is 6.61 Å². The molecule has 1 aromatic carbocycles. The van der Waals surface area contributed by atoms with E-state index in [0.29, 0.717) is 10.6 Å². The maximum absolute atomic E-state index is 12.1. The van der Waals surface area contributed by atoms with Gasteiger partial charge in [-0.25, -0.2) is 4.79 Å². The number of halogens is 1. The number of benzene rings is 1. The van der Waals surface area contributed by atoms with E-state index in [1.165, 1.54) is 0 Å². The number of aromatic nitrogens is 2. The SMILES string of the molecule is Cc1[nH]nc2c1C(c1cccc(Cl)c1)C1=C(COC1=O)N2. The predicted molar refractivity (Wildman–Crippen MR) is 78.2 cm³/mol. The Labute approximate surface area is 126 Å². The number of aromatic amines is 1. The Bertz CT molecular complexity index is 794. The summed E-state index contributed by atoms with van der Waals surface area (Å²) < 4.78 is 5.18. The average molecular weight is 302 g/mol. The first-order valence-electron chi connectivity index (χ1n) is 6.62. The first-order chi connectivity index (χ1) is 10.1. The Kier molecular flexibility index (Phi) is 2.59. The fourth-order valence-corrected chi connectivity index (χ4v) is 3.20. The number of carbonyl (C=O) groups excluding carboxylic acids is 1. The molecule has 4 rings (SSSR count). The van der Waals surface area contributed by atoms with Crippen LogP contribution < -0.4 is 5.32 Å². The van der Waals surface area contributed by atoms with Crippen LogP contribution in [0.2, 0.25) is 5.02 Å². The van der Waals surface area contributed by atoms with Gasteiger partial charge in [-0.05, 0) is 24.6 Å². The van der Waals surface area contributed by atoms with Crippen molar-refractivity contribution < 1.29 is 9.53 Å². The molecule has 2 aliphatic heterocycles. The van der Waals surface area contributed by atoms with Gasteiger partial charge in [0.15, 0.2) is 5.82 Å². The van der Waals surface area contributed by atoms with E-state index < -0.39 is 0 Å². The summed E-state index contributed by atoms with van der Waals surface area (Å²) in [4.78, 5) is 12.1. The molecule has 5 nitrogen and oxygen atoms in total. The van der Waals surface area contributed by atoms with Crippen LogP contribution >= 0.6 is 11.6 Å². The van der Waals surface area contributed by atoms with Gasteiger partial charge in [-0.2, -0.15) is 5.10 Å². The molecule has 0 radical (unpaired) electrons. The lowest BCUT2D eigenvalue weighted by atomic mass is 9.82. The van der Waals surface area contributed by atoms with E-state index in [-0.39, 0.29) is 18.5 Å². The predicted octanol–water partition coefficient (Wildman–Crippen LogP) is 2.74. The van der Waals surface area contributed by atoms with Crippen LogP contribution in [0.1, 0.15) is 22.7 Å². The molecule has 1 atom stereocenters. The molecule has 1 unspecified atom stereocenters. The van der Waals surface area contributed by atoms with Crippen molar-refractivity contribution in [3.05, 3.63) is 57.4 Å². The van der Waals surface area contributed by atoms with Gasteiger partial charge in [0.25, 0.3) is 0 Å². The summed E-state index contributed by atoms with van der Waals surface area (Å²) in [6, 6.07) is 7.55. The molecule has 0 amide bonds. The summed E-state index contributed by atoms with van der Waals surface area (Å²) >= 11 is 6.11. The van der Waals surface area contributed by atoms with Crippen LogP contribution in [0.5, 0.6) is 0 Å². The van der Waals surface area contributed by atoms with Crippen LogP contribution in [0.25, 0.3) is 0 Å². The first-order valence-corrected chi connectivity index (χ1v) is 7.00. The third-order valence-corrected chi connectivity index (χ3v) is 4.15. The summed E-state index contributed by atoms with van der Waals surface area (Å²) in [5.41, 5.74) is 4.28. The van der Waals surface area contributed by atoms with Crippen molar-refractivity contribution >= 4 is 23.4 Å². The second kappa shape index (κ2) is 4.36. The highest BCUT2D eigenvalue weighted by Gasteiger charge is 2.40. The zero-order valence-electron chi connectivity index (χ0n) is 11.2. The molecule has 0 spiro atoms. The number of ether oxygens (including phenoxy) is 1. The average Bonchev–Trinajstić information content (AvgIpc) is 3.02. The Hall–Kier alpha value is -2.27. The summed E-state index contributed by atoms with van der Waals surface area (Å²) in [6.45, 7) is 2.20. The number of carbonyl (C=O) groups is 1. The summed E-state index contributed by atoms with van der Waals surface area (Å²) in [7, 11) is 0. The van der Waals surface area contributed by atoms with Crippen LogP contribution in [0.15, 0.2) is 35.5 Å². The Morgan fingerprint density at radius 1 is 1.43 bits per heavy atom. The van der Waals surface area contributed by atoms with Gasteiger partial charge in [-0.3, -0.25) is 5.10 Å². The Balaban J connectivity index is 1.96. The van der Waals surface area contributed by atoms with E-state index in [2.05, 4.69) is 15.5 Å². The molecule has 0 aliphatic carbocycles. The smallest absolute Gasteiger partial charge is 0.337 e. The van der Waals surface area contributed by atoms with Gasteiger partial charge in [0.2, 0.25) is 0 Å². The quantitative estimate of drug-likeness (QED) is 0.795. The molecule has 106 valence electrons. The van der Waals surface area contributed by atoms with Crippen molar-refractivity contribution in [3.63, 3.8) is 0 Å². The monoisotopic (exact) mass is 301 g/mol. The highest BCUT2D eigenvalue weighted by Crippen LogP contribution is 2.44. The number of hydrogen-bond donors (Lipinski definition) is 2. The number of esters is 1. The van der Waals surface area contributed by atoms with Crippen molar-refractivity contribution in [1.82, 2.24) is 10.2 Å². The molecule has 6 heteroatoms. The van der Waals surface area contributed by atoms with E-state index in [1.54, 1.807) is 0 Å². The number of anilines is 1. The number of H-pyrrole nitrogens is 1. The third kappa shape index (κ3) is 1.77. The summed E-state index contributed by atoms with van der Waals surface area (Å²) in [5.74, 6) is 0.256. The maximum Gasteiger partial charge on any atom is 0.337 e. The topological polar surface area (TPSA) is 67.0 Å². The van der Waals surface area contributed by atoms with Crippen molar-refractivity contribution in [2.24, 2.45) is 0 Å². The van der Waals surface area contributed by atoms with E-state index in [9.17, 15) is 4.79 Å². The molecule has 0 bridgehead atoms. The lowest BCUT2D eigenvalue weighted by Crippen LogP contribution is -2.19. The molecule has 21 heavy (non-hydrogen) atoms. The van der Waals surface area contributed by atoms with Crippen LogP contribution in [-0.2, 0) is 9.53 Å². The van der Waals surface area contributed by atoms with Gasteiger partial charge in [0.05, 0.1) is 11.3 Å². The molecule has 2 aliphatic rings. The number of nitrogens with one attached hydrogen (secondary N) is 2. The Morgan fingerprint density at radius 2 is 2.29 bits per heavy atom. The Morgan fingerprint density at radius 3 is 3.10 bits per heavy atom. The maximum atomic E-state index is 12.1. The van der Waals surface area contributed by atoms with Gasteiger partial charge in [-0.15, -0.1) is 0 Å². The summed E-state index contributed by atoms with van der Waals surface area (Å²) in [6.07, 6.45) is 0. The standard InChI is InChI=1S/C15H12ClN3O2/c1-7-11-12(8-3-2-4-9(16)5-8)13-10(6-21-15(13)20)17-14(11)19-18-7/h2-5,12H,6H2,1H3,(H2,17,18,19). The van der Waals surface area contributed by atoms with Crippen molar-refractivity contribution in [2.45, 2.75) is 12.8 Å². The van der Waals surface area contributed by atoms with E-state index in [0.717, 1.165) is 28.3 Å². The van der Waals surface area contributed by atoms with Gasteiger partial charge < -0.3 is 10.1 Å². The highest BCUT2D eigenvalue weighted by atomic mass is 35.5. The minimum absolute atomic E-state index is 0.205. The van der Waals surface area contributed by atoms with Crippen LogP contribution in [-0.4, -0.2) is 22.8 Å². The van der Waals surface area contributed by atoms with E-state index >= 15 is 0 Å². The number of rotatable bonds is 1. The van der Waals surface area contributed by atoms with Crippen LogP contribution in [0, 0.1) is 6.92 Å². The lowest BCUT2D eigenvalue weighted by molar-refractivity contribution is -0.136. The van der Waals surface area contributed by atoms with Crippen molar-refractivity contribution in [1.29, 1.82) is 0 Å². The molecular formula is C15H12ClN3O2. The second-order valence-electron chi connectivity index (χ2n) is 5.19. The van der Waals surface area contributed by atoms with Crippen molar-refractivity contribution in [3.8, 4) is 0 Å². The number of fused-ring (bicyclic) bond motifs is 1. The zero-order valence-corrected chi connectivity index (χ0v) is 12.0. The number of cyclic esters (lactones) is 1. The number of nitrogens with zero attached hydrogens (tertiary/aromatic N) is 1. The molecule has 0 saturated carbocycles. The van der Waals surface area contributed by atoms with E-state index in [1.807, 2.05) is 31.2 Å². The van der Waals surface area contributed by atoms with Crippen LogP contribution in [0.3, 0.4) is 0 Å². The minimum atomic E-state index is -0.284. The molecule has 2 aromatic rings. The molecule has 3 heterocycles. The molecular weight excluding hydrogens is 290 g/mol. The third-order valence-electron chi connectivity index (χ3n) is 3.92. The van der Waals surface area contributed by atoms with Crippen molar-refractivity contribution in [2.75, 3.05) is 11.9 Å². The molecule has 2 N–H and O–H groups in total. The first kappa shape index (κ1) is 12.5. The van der Waals surface area contributed by atoms with Crippen LogP contribution in [0.4, 0.5) is 5.82 Å². The largest absolute Gasteiger partial charge is 0.456 e. The lowest BCUT2D eigenvalue weighted by Gasteiger charge is -2.24. The normalized spacial score (nSPS) is 19.9. The minimum Gasteiger partial charge on any atom is -0.456 e. The zero-order chi connectivity index (χ0) is 14.6. The second-order valence-corrected chi connectivity index (χ2v) is 5.63. The van der Waals surface area contributed by atoms with Gasteiger partial charge in [0, 0.05) is 22.2 Å². The van der Waals surface area contributed by atoms with E-state index in [4.69, 9.17) is 16.3 Å². The fraction of sp³-hybridized carbons (Fsp3) is 0.200. The van der Waals surface area contributed by atoms with Gasteiger partial charge >= 0.3 is 5.97 Å². The number of hydrogen-bond acceptors (Lipinski definition) is 4. The molecule has 0 fully saturated rings. The number of aryl methyl sites for hydroxylation is 1. The molecule has 0 saturated heterocycles. The molecule has 1 aromatic heterocycles. The fourth-order valence-electron chi connectivity index (χ4n) is 3.00.